The molecule has 0 saturated carbocycles. The van der Waals surface area contributed by atoms with E-state index in [1.807, 2.05) is 0 Å². The first-order chi connectivity index (χ1) is 8.91. The summed E-state index contributed by atoms with van der Waals surface area (Å²) in [7, 11) is 0. The SMILES string of the molecule is NC(=O)CCCCNc1c(F)cc(C(N)=S)cc1F. The van der Waals surface area contributed by atoms with E-state index in [0.717, 1.165) is 12.1 Å². The lowest BCUT2D eigenvalue weighted by molar-refractivity contribution is -0.118. The van der Waals surface area contributed by atoms with Gasteiger partial charge in [-0.25, -0.2) is 8.78 Å². The molecule has 1 amide bonds. The molecule has 1 aromatic carbocycles. The summed E-state index contributed by atoms with van der Waals surface area (Å²) in [6.07, 6.45) is 1.41. The molecule has 0 spiro atoms. The normalized spacial score (nSPS) is 10.2. The molecule has 0 atom stereocenters. The second kappa shape index (κ2) is 6.98. The summed E-state index contributed by atoms with van der Waals surface area (Å²) < 4.78 is 27.2. The van der Waals surface area contributed by atoms with Crippen molar-refractivity contribution in [3.63, 3.8) is 0 Å². The Bertz CT molecular complexity index is 471. The summed E-state index contributed by atoms with van der Waals surface area (Å²) in [5.74, 6) is -1.89. The highest BCUT2D eigenvalue weighted by molar-refractivity contribution is 7.80. The van der Waals surface area contributed by atoms with Gasteiger partial charge >= 0.3 is 0 Å². The van der Waals surface area contributed by atoms with Crippen molar-refractivity contribution in [1.29, 1.82) is 0 Å². The maximum Gasteiger partial charge on any atom is 0.217 e. The number of rotatable bonds is 7. The van der Waals surface area contributed by atoms with E-state index in [-0.39, 0.29) is 22.7 Å². The van der Waals surface area contributed by atoms with Crippen LogP contribution in [0.2, 0.25) is 0 Å². The van der Waals surface area contributed by atoms with E-state index in [4.69, 9.17) is 11.5 Å². The van der Waals surface area contributed by atoms with Crippen LogP contribution in [-0.4, -0.2) is 17.4 Å². The highest BCUT2D eigenvalue weighted by Crippen LogP contribution is 2.21. The molecule has 0 unspecified atom stereocenters. The molecule has 0 aromatic heterocycles. The van der Waals surface area contributed by atoms with Crippen molar-refractivity contribution < 1.29 is 13.6 Å². The Morgan fingerprint density at radius 1 is 1.21 bits per heavy atom. The number of nitrogens with two attached hydrogens (primary N) is 2. The van der Waals surface area contributed by atoms with E-state index in [1.54, 1.807) is 0 Å². The van der Waals surface area contributed by atoms with Gasteiger partial charge in [-0.2, -0.15) is 0 Å². The Balaban J connectivity index is 2.59. The molecule has 0 fully saturated rings. The summed E-state index contributed by atoms with van der Waals surface area (Å²) in [6, 6.07) is 2.16. The molecule has 0 heterocycles. The Kier molecular flexibility index (Phi) is 5.62. The number of carbonyl (C=O) groups excluding carboxylic acids is 1. The number of amides is 1. The first-order valence-corrected chi connectivity index (χ1v) is 6.13. The molecular weight excluding hydrogens is 272 g/mol. The molecule has 0 aliphatic rings. The number of carbonyl (C=O) groups is 1. The summed E-state index contributed by atoms with van der Waals surface area (Å²) in [4.78, 5) is 10.4. The Labute approximate surface area is 115 Å². The van der Waals surface area contributed by atoms with Crippen molar-refractivity contribution >= 4 is 28.8 Å². The van der Waals surface area contributed by atoms with Crippen LogP contribution in [0.5, 0.6) is 0 Å². The fourth-order valence-electron chi connectivity index (χ4n) is 1.52. The number of unbranched alkanes of at least 4 members (excludes halogenated alkanes) is 1. The zero-order valence-electron chi connectivity index (χ0n) is 10.2. The fourth-order valence-corrected chi connectivity index (χ4v) is 1.64. The summed E-state index contributed by atoms with van der Waals surface area (Å²) in [5, 5.41) is 2.63. The van der Waals surface area contributed by atoms with Crippen LogP contribution in [0.4, 0.5) is 14.5 Å². The van der Waals surface area contributed by atoms with E-state index in [9.17, 15) is 13.6 Å². The quantitative estimate of drug-likeness (QED) is 0.526. The summed E-state index contributed by atoms with van der Waals surface area (Å²) in [5.41, 5.74) is 10.2. The molecule has 0 bridgehead atoms. The van der Waals surface area contributed by atoms with E-state index >= 15 is 0 Å². The van der Waals surface area contributed by atoms with Crippen LogP contribution in [0.15, 0.2) is 12.1 Å². The van der Waals surface area contributed by atoms with Gasteiger partial charge in [0.1, 0.15) is 22.3 Å². The molecule has 19 heavy (non-hydrogen) atoms. The van der Waals surface area contributed by atoms with E-state index in [1.165, 1.54) is 0 Å². The standard InChI is InChI=1S/C12H15F2N3OS/c13-8-5-7(12(16)19)6-9(14)11(8)17-4-2-1-3-10(15)18/h5-6,17H,1-4H2,(H2,15,18)(H2,16,19). The van der Waals surface area contributed by atoms with Crippen molar-refractivity contribution in [3.8, 4) is 0 Å². The third-order valence-electron chi connectivity index (χ3n) is 2.48. The maximum atomic E-state index is 13.6. The number of thiocarbonyl (C=S) groups is 1. The monoisotopic (exact) mass is 287 g/mol. The third-order valence-corrected chi connectivity index (χ3v) is 2.71. The van der Waals surface area contributed by atoms with Gasteiger partial charge in [-0.1, -0.05) is 12.2 Å². The van der Waals surface area contributed by atoms with Crippen LogP contribution in [0.25, 0.3) is 0 Å². The highest BCUT2D eigenvalue weighted by atomic mass is 32.1. The molecule has 0 aliphatic heterocycles. The molecule has 5 N–H and O–H groups in total. The zero-order valence-corrected chi connectivity index (χ0v) is 11.0. The average molecular weight is 287 g/mol. The smallest absolute Gasteiger partial charge is 0.217 e. The topological polar surface area (TPSA) is 81.1 Å². The van der Waals surface area contributed by atoms with Gasteiger partial charge in [0.2, 0.25) is 5.91 Å². The lowest BCUT2D eigenvalue weighted by atomic mass is 10.1. The fraction of sp³-hybridized carbons (Fsp3) is 0.333. The summed E-state index contributed by atoms with van der Waals surface area (Å²) >= 11 is 4.65. The first kappa shape index (κ1) is 15.3. The molecule has 4 nitrogen and oxygen atoms in total. The molecule has 104 valence electrons. The third kappa shape index (κ3) is 4.78. The first-order valence-electron chi connectivity index (χ1n) is 5.73. The molecule has 1 aromatic rings. The second-order valence-corrected chi connectivity index (χ2v) is 4.47. The van der Waals surface area contributed by atoms with Crippen LogP contribution >= 0.6 is 12.2 Å². The van der Waals surface area contributed by atoms with Gasteiger partial charge < -0.3 is 16.8 Å². The van der Waals surface area contributed by atoms with Crippen LogP contribution in [-0.2, 0) is 4.79 Å². The highest BCUT2D eigenvalue weighted by Gasteiger charge is 2.11. The van der Waals surface area contributed by atoms with Crippen molar-refractivity contribution in [2.24, 2.45) is 11.5 Å². The van der Waals surface area contributed by atoms with Gasteiger partial charge in [-0.05, 0) is 25.0 Å². The van der Waals surface area contributed by atoms with Crippen LogP contribution in [0.3, 0.4) is 0 Å². The van der Waals surface area contributed by atoms with Crippen molar-refractivity contribution in [2.75, 3.05) is 11.9 Å². The Morgan fingerprint density at radius 2 is 1.79 bits per heavy atom. The van der Waals surface area contributed by atoms with Gasteiger partial charge in [0, 0.05) is 18.5 Å². The minimum absolute atomic E-state index is 0.0641. The number of benzene rings is 1. The van der Waals surface area contributed by atoms with Gasteiger partial charge in [0.15, 0.2) is 0 Å². The van der Waals surface area contributed by atoms with E-state index < -0.39 is 17.5 Å². The van der Waals surface area contributed by atoms with Crippen molar-refractivity contribution in [2.45, 2.75) is 19.3 Å². The minimum atomic E-state index is -0.752. The van der Waals surface area contributed by atoms with Crippen LogP contribution in [0, 0.1) is 11.6 Å². The second-order valence-electron chi connectivity index (χ2n) is 4.03. The number of hydrogen-bond donors (Lipinski definition) is 3. The number of anilines is 1. The van der Waals surface area contributed by atoms with Crippen molar-refractivity contribution in [1.82, 2.24) is 0 Å². The molecule has 0 radical (unpaired) electrons. The summed E-state index contributed by atoms with van der Waals surface area (Å²) in [6.45, 7) is 0.341. The van der Waals surface area contributed by atoms with Crippen LogP contribution in [0.1, 0.15) is 24.8 Å². The maximum absolute atomic E-state index is 13.6. The predicted octanol–water partition coefficient (Wildman–Crippen LogP) is 1.67. The van der Waals surface area contributed by atoms with E-state index in [0.29, 0.717) is 19.4 Å². The van der Waals surface area contributed by atoms with Crippen LogP contribution < -0.4 is 16.8 Å². The molecule has 0 saturated heterocycles. The number of hydrogen-bond acceptors (Lipinski definition) is 3. The number of halogens is 2. The molecule has 1 rings (SSSR count). The molecule has 7 heteroatoms. The predicted molar refractivity (Wildman–Crippen MR) is 73.8 cm³/mol. The average Bonchev–Trinajstić information content (AvgIpc) is 2.30. The molecule has 0 aliphatic carbocycles. The lowest BCUT2D eigenvalue weighted by Crippen LogP contribution is -2.13. The van der Waals surface area contributed by atoms with E-state index in [2.05, 4.69) is 17.5 Å². The Hall–Kier alpha value is -1.76. The minimum Gasteiger partial charge on any atom is -0.389 e. The Morgan fingerprint density at radius 3 is 2.26 bits per heavy atom. The van der Waals surface area contributed by atoms with Gasteiger partial charge in [0.05, 0.1) is 0 Å². The number of nitrogens with one attached hydrogen (secondary N) is 1. The molecular formula is C12H15F2N3OS. The van der Waals surface area contributed by atoms with Gasteiger partial charge in [-0.15, -0.1) is 0 Å². The van der Waals surface area contributed by atoms with Gasteiger partial charge in [-0.3, -0.25) is 4.79 Å². The lowest BCUT2D eigenvalue weighted by Gasteiger charge is -2.10. The van der Waals surface area contributed by atoms with Gasteiger partial charge in [0.25, 0.3) is 0 Å². The number of primary amides is 1. The zero-order chi connectivity index (χ0) is 14.4. The van der Waals surface area contributed by atoms with Crippen molar-refractivity contribution in [3.05, 3.63) is 29.3 Å². The largest absolute Gasteiger partial charge is 0.389 e.